The van der Waals surface area contributed by atoms with Gasteiger partial charge in [0, 0.05) is 25.0 Å². The summed E-state index contributed by atoms with van der Waals surface area (Å²) < 4.78 is 0. The van der Waals surface area contributed by atoms with E-state index in [1.54, 1.807) is 0 Å². The van der Waals surface area contributed by atoms with Crippen LogP contribution in [0, 0.1) is 12.8 Å². The standard InChI is InChI=1S/C22H38N2/c1-16(2)15-24-12-8-7-9-21(24)20(14-23)19-13-18(22(4,5)6)11-10-17(19)3/h10-11,13,16,20-21H,7-9,12,14-15,23H2,1-6H3. The Balaban J connectivity index is 2.35. The molecule has 0 radical (unpaired) electrons. The molecule has 0 bridgehead atoms. The maximum atomic E-state index is 6.33. The van der Waals surface area contributed by atoms with E-state index >= 15 is 0 Å². The van der Waals surface area contributed by atoms with Crippen molar-refractivity contribution in [2.75, 3.05) is 19.6 Å². The Kier molecular flexibility index (Phi) is 6.50. The first kappa shape index (κ1) is 19.5. The van der Waals surface area contributed by atoms with Gasteiger partial charge in [-0.15, -0.1) is 0 Å². The Morgan fingerprint density at radius 1 is 1.21 bits per heavy atom. The second kappa shape index (κ2) is 8.01. The topological polar surface area (TPSA) is 29.3 Å². The van der Waals surface area contributed by atoms with Crippen molar-refractivity contribution in [1.82, 2.24) is 4.90 Å². The third-order valence-electron chi connectivity index (χ3n) is 5.53. The van der Waals surface area contributed by atoms with Crippen molar-refractivity contribution in [3.63, 3.8) is 0 Å². The van der Waals surface area contributed by atoms with E-state index in [1.807, 2.05) is 0 Å². The van der Waals surface area contributed by atoms with Gasteiger partial charge in [0.15, 0.2) is 0 Å². The number of piperidine rings is 1. The summed E-state index contributed by atoms with van der Waals surface area (Å²) in [4.78, 5) is 2.72. The number of hydrogen-bond acceptors (Lipinski definition) is 2. The van der Waals surface area contributed by atoms with Crippen molar-refractivity contribution in [3.05, 3.63) is 34.9 Å². The first-order chi connectivity index (χ1) is 11.2. The molecule has 0 aliphatic carbocycles. The molecular weight excluding hydrogens is 292 g/mol. The van der Waals surface area contributed by atoms with Gasteiger partial charge in [0.2, 0.25) is 0 Å². The lowest BCUT2D eigenvalue weighted by Gasteiger charge is -2.42. The Hall–Kier alpha value is -0.860. The summed E-state index contributed by atoms with van der Waals surface area (Å²) in [6, 6.07) is 7.63. The second-order valence-electron chi connectivity index (χ2n) is 9.12. The van der Waals surface area contributed by atoms with Crippen LogP contribution in [0.5, 0.6) is 0 Å². The maximum absolute atomic E-state index is 6.33. The summed E-state index contributed by atoms with van der Waals surface area (Å²) in [5.74, 6) is 1.16. The largest absolute Gasteiger partial charge is 0.330 e. The summed E-state index contributed by atoms with van der Waals surface area (Å²) in [7, 11) is 0. The van der Waals surface area contributed by atoms with Gasteiger partial charge in [0.1, 0.15) is 0 Å². The quantitative estimate of drug-likeness (QED) is 0.836. The molecule has 1 heterocycles. The van der Waals surface area contributed by atoms with Gasteiger partial charge in [-0.1, -0.05) is 59.2 Å². The third kappa shape index (κ3) is 4.61. The molecule has 1 saturated heterocycles. The molecule has 2 atom stereocenters. The molecule has 2 rings (SSSR count). The fraction of sp³-hybridized carbons (Fsp3) is 0.727. The summed E-state index contributed by atoms with van der Waals surface area (Å²) in [6.07, 6.45) is 3.96. The van der Waals surface area contributed by atoms with Crippen LogP contribution in [-0.2, 0) is 5.41 Å². The number of rotatable bonds is 5. The first-order valence-electron chi connectivity index (χ1n) is 9.79. The van der Waals surface area contributed by atoms with E-state index in [9.17, 15) is 0 Å². The number of hydrogen-bond donors (Lipinski definition) is 1. The van der Waals surface area contributed by atoms with Gasteiger partial charge in [-0.25, -0.2) is 0 Å². The molecule has 136 valence electrons. The molecule has 1 fully saturated rings. The highest BCUT2D eigenvalue weighted by Gasteiger charge is 2.31. The van der Waals surface area contributed by atoms with Crippen LogP contribution in [-0.4, -0.2) is 30.6 Å². The lowest BCUT2D eigenvalue weighted by Crippen LogP contribution is -2.46. The lowest BCUT2D eigenvalue weighted by molar-refractivity contribution is 0.112. The van der Waals surface area contributed by atoms with Gasteiger partial charge in [-0.3, -0.25) is 4.90 Å². The van der Waals surface area contributed by atoms with Crippen LogP contribution >= 0.6 is 0 Å². The predicted octanol–water partition coefficient (Wildman–Crippen LogP) is 4.85. The van der Waals surface area contributed by atoms with Crippen molar-refractivity contribution in [2.24, 2.45) is 11.7 Å². The molecule has 0 saturated carbocycles. The van der Waals surface area contributed by atoms with Gasteiger partial charge in [-0.05, 0) is 54.3 Å². The maximum Gasteiger partial charge on any atom is 0.0176 e. The van der Waals surface area contributed by atoms with E-state index < -0.39 is 0 Å². The third-order valence-corrected chi connectivity index (χ3v) is 5.53. The summed E-state index contributed by atoms with van der Waals surface area (Å²) in [5.41, 5.74) is 10.8. The highest BCUT2D eigenvalue weighted by Crippen LogP contribution is 2.34. The van der Waals surface area contributed by atoms with Crippen molar-refractivity contribution < 1.29 is 0 Å². The zero-order valence-electron chi connectivity index (χ0n) is 16.7. The van der Waals surface area contributed by atoms with E-state index in [0.29, 0.717) is 17.9 Å². The zero-order valence-corrected chi connectivity index (χ0v) is 16.7. The Bertz CT molecular complexity index is 527. The van der Waals surface area contributed by atoms with Crippen LogP contribution < -0.4 is 5.73 Å². The van der Waals surface area contributed by atoms with E-state index in [-0.39, 0.29) is 5.41 Å². The monoisotopic (exact) mass is 330 g/mol. The molecule has 24 heavy (non-hydrogen) atoms. The fourth-order valence-electron chi connectivity index (χ4n) is 4.17. The molecule has 2 nitrogen and oxygen atoms in total. The number of aryl methyl sites for hydroxylation is 1. The minimum Gasteiger partial charge on any atom is -0.330 e. The van der Waals surface area contributed by atoms with Gasteiger partial charge in [0.05, 0.1) is 0 Å². The van der Waals surface area contributed by atoms with Crippen LogP contribution in [0.2, 0.25) is 0 Å². The van der Waals surface area contributed by atoms with Crippen molar-refractivity contribution >= 4 is 0 Å². The zero-order chi connectivity index (χ0) is 17.9. The van der Waals surface area contributed by atoms with Crippen molar-refractivity contribution in [1.29, 1.82) is 0 Å². The molecule has 2 heteroatoms. The highest BCUT2D eigenvalue weighted by molar-refractivity contribution is 5.38. The van der Waals surface area contributed by atoms with E-state index in [2.05, 4.69) is 64.6 Å². The average Bonchev–Trinajstić information content (AvgIpc) is 2.49. The average molecular weight is 331 g/mol. The smallest absolute Gasteiger partial charge is 0.0176 e. The predicted molar refractivity (Wildman–Crippen MR) is 106 cm³/mol. The summed E-state index contributed by atoms with van der Waals surface area (Å²) >= 11 is 0. The van der Waals surface area contributed by atoms with Gasteiger partial charge < -0.3 is 5.73 Å². The number of benzene rings is 1. The van der Waals surface area contributed by atoms with Crippen LogP contribution in [0.25, 0.3) is 0 Å². The molecule has 1 aromatic rings. The van der Waals surface area contributed by atoms with Gasteiger partial charge >= 0.3 is 0 Å². The summed E-state index contributed by atoms with van der Waals surface area (Å²) in [5, 5.41) is 0. The van der Waals surface area contributed by atoms with E-state index in [0.717, 1.165) is 6.54 Å². The summed E-state index contributed by atoms with van der Waals surface area (Å²) in [6.45, 7) is 17.0. The van der Waals surface area contributed by atoms with Crippen LogP contribution in [0.1, 0.15) is 76.5 Å². The Morgan fingerprint density at radius 3 is 2.50 bits per heavy atom. The molecule has 0 spiro atoms. The number of likely N-dealkylation sites (tertiary alicyclic amines) is 1. The van der Waals surface area contributed by atoms with E-state index in [4.69, 9.17) is 5.73 Å². The van der Waals surface area contributed by atoms with Crippen LogP contribution in [0.15, 0.2) is 18.2 Å². The lowest BCUT2D eigenvalue weighted by atomic mass is 9.79. The van der Waals surface area contributed by atoms with Gasteiger partial charge in [-0.2, -0.15) is 0 Å². The van der Waals surface area contributed by atoms with Crippen LogP contribution in [0.3, 0.4) is 0 Å². The van der Waals surface area contributed by atoms with Crippen molar-refractivity contribution in [2.45, 2.75) is 78.2 Å². The molecule has 1 aromatic carbocycles. The normalized spacial score (nSPS) is 21.2. The Morgan fingerprint density at radius 2 is 1.92 bits per heavy atom. The number of nitrogens with two attached hydrogens (primary N) is 1. The molecule has 0 aromatic heterocycles. The van der Waals surface area contributed by atoms with E-state index in [1.165, 1.54) is 49.0 Å². The molecule has 0 amide bonds. The van der Waals surface area contributed by atoms with Gasteiger partial charge in [0.25, 0.3) is 0 Å². The second-order valence-corrected chi connectivity index (χ2v) is 9.12. The SMILES string of the molecule is Cc1ccc(C(C)(C)C)cc1C(CN)C1CCCCN1CC(C)C. The minimum atomic E-state index is 0.186. The molecular formula is C22H38N2. The fourth-order valence-corrected chi connectivity index (χ4v) is 4.17. The first-order valence-corrected chi connectivity index (χ1v) is 9.79. The Labute approximate surface area is 149 Å². The molecule has 1 aliphatic rings. The van der Waals surface area contributed by atoms with Crippen LogP contribution in [0.4, 0.5) is 0 Å². The van der Waals surface area contributed by atoms with Crippen molar-refractivity contribution in [3.8, 4) is 0 Å². The molecule has 2 N–H and O–H groups in total. The number of nitrogens with zero attached hydrogens (tertiary/aromatic N) is 1. The highest BCUT2D eigenvalue weighted by atomic mass is 15.2. The molecule has 1 aliphatic heterocycles. The molecule has 2 unspecified atom stereocenters. The minimum absolute atomic E-state index is 0.186.